The first-order chi connectivity index (χ1) is 17.3. The molecule has 0 fully saturated rings. The van der Waals surface area contributed by atoms with Crippen LogP contribution in [0.1, 0.15) is 152 Å². The predicted molar refractivity (Wildman–Crippen MR) is 167 cm³/mol. The van der Waals surface area contributed by atoms with E-state index >= 15 is 0 Å². The smallest absolute Gasteiger partial charge is 1.00 e. The fourth-order valence-electron chi connectivity index (χ4n) is 5.46. The van der Waals surface area contributed by atoms with Gasteiger partial charge in [-0.2, -0.15) is 0 Å². The summed E-state index contributed by atoms with van der Waals surface area (Å²) in [5, 5.41) is 0. The van der Waals surface area contributed by atoms with E-state index in [4.69, 9.17) is 0 Å². The Kier molecular flexibility index (Phi) is 11.6. The van der Waals surface area contributed by atoms with Crippen LogP contribution in [0.4, 0.5) is 0 Å². The van der Waals surface area contributed by atoms with Gasteiger partial charge in [0, 0.05) is 0 Å². The molecule has 0 aliphatic heterocycles. The fourth-order valence-corrected chi connectivity index (χ4v) is 6.18. The summed E-state index contributed by atoms with van der Waals surface area (Å²) in [5.41, 5.74) is 14.3. The molecular weight excluding hydrogens is 575 g/mol. The normalized spacial score (nSPS) is 11.9. The summed E-state index contributed by atoms with van der Waals surface area (Å²) in [4.78, 5) is 0. The van der Waals surface area contributed by atoms with Crippen LogP contribution in [-0.4, -0.2) is 16.0 Å². The van der Waals surface area contributed by atoms with Crippen LogP contribution < -0.4 is 4.46 Å². The Morgan fingerprint density at radius 2 is 0.711 bits per heavy atom. The zero-order valence-corrected chi connectivity index (χ0v) is 28.4. The summed E-state index contributed by atoms with van der Waals surface area (Å²) >= 11 is 3.58. The second-order valence-electron chi connectivity index (χ2n) is 12.8. The first kappa shape index (κ1) is 32.9. The van der Waals surface area contributed by atoms with E-state index in [-0.39, 0.29) is 17.1 Å². The predicted octanol–water partition coefficient (Wildman–Crippen LogP) is 10.6. The Morgan fingerprint density at radius 1 is 0.447 bits per heavy atom. The molecule has 0 aliphatic rings. The van der Waals surface area contributed by atoms with Crippen molar-refractivity contribution in [3.05, 3.63) is 75.8 Å². The van der Waals surface area contributed by atoms with E-state index in [0.717, 1.165) is 0 Å². The molecule has 0 atom stereocenters. The van der Waals surface area contributed by atoms with Crippen molar-refractivity contribution in [3.8, 4) is 22.3 Å². The van der Waals surface area contributed by atoms with Gasteiger partial charge in [0.25, 0.3) is 0 Å². The zero-order valence-electron chi connectivity index (χ0n) is 25.7. The Hall–Kier alpha value is -1.30. The molecule has 2 heteroatoms. The summed E-state index contributed by atoms with van der Waals surface area (Å²) < 4.78 is 1.28. The quantitative estimate of drug-likeness (QED) is 0.219. The number of hydrogen-bond donors (Lipinski definition) is 0. The zero-order chi connectivity index (χ0) is 27.8. The molecular formula is C36H49CuSe. The molecule has 0 unspecified atom stereocenters. The van der Waals surface area contributed by atoms with Gasteiger partial charge in [-0.15, -0.1) is 0 Å². The standard InChI is InChI=1S/C36H50Se.Cu/c1-20(2)26-16-30(22(5)6)34(31(17-26)23(7)8)28-14-13-15-29(36(28)37)35-32(24(9)10)18-27(21(3)4)19-33(35)25(11)12;/h13-25,37H,1-12H3;/q;+1/p-1. The maximum Gasteiger partial charge on any atom is 1.00 e. The van der Waals surface area contributed by atoms with Gasteiger partial charge in [0.15, 0.2) is 0 Å². The molecule has 38 heavy (non-hydrogen) atoms. The summed E-state index contributed by atoms with van der Waals surface area (Å²) in [7, 11) is 0. The topological polar surface area (TPSA) is 0 Å². The molecule has 3 aromatic rings. The summed E-state index contributed by atoms with van der Waals surface area (Å²) in [5.74, 6) is 2.86. The van der Waals surface area contributed by atoms with Crippen LogP contribution in [0.5, 0.6) is 0 Å². The number of rotatable bonds is 8. The van der Waals surface area contributed by atoms with Crippen molar-refractivity contribution in [1.29, 1.82) is 0 Å². The van der Waals surface area contributed by atoms with Crippen LogP contribution >= 0.6 is 0 Å². The van der Waals surface area contributed by atoms with Gasteiger partial charge in [-0.25, -0.2) is 0 Å². The maximum absolute atomic E-state index is 3.58. The van der Waals surface area contributed by atoms with Gasteiger partial charge in [0.05, 0.1) is 0 Å². The van der Waals surface area contributed by atoms with Crippen LogP contribution in [0.25, 0.3) is 22.3 Å². The molecule has 0 amide bonds. The Balaban J connectivity index is 0.00000507. The van der Waals surface area contributed by atoms with Crippen LogP contribution in [-0.2, 0) is 17.1 Å². The van der Waals surface area contributed by atoms with Crippen LogP contribution in [0.2, 0.25) is 0 Å². The second kappa shape index (κ2) is 13.4. The molecule has 3 rings (SSSR count). The minimum Gasteiger partial charge on any atom is 1.00 e. The van der Waals surface area contributed by atoms with E-state index in [1.807, 2.05) is 0 Å². The summed E-state index contributed by atoms with van der Waals surface area (Å²) in [6.45, 7) is 28.0. The van der Waals surface area contributed by atoms with E-state index < -0.39 is 0 Å². The average Bonchev–Trinajstić information content (AvgIpc) is 2.82. The molecule has 0 aromatic heterocycles. The molecule has 0 spiro atoms. The maximum atomic E-state index is 3.58. The van der Waals surface area contributed by atoms with E-state index in [9.17, 15) is 0 Å². The summed E-state index contributed by atoms with van der Waals surface area (Å²) in [6, 6.07) is 16.8. The van der Waals surface area contributed by atoms with E-state index in [0.29, 0.717) is 35.5 Å². The second-order valence-corrected chi connectivity index (χ2v) is 13.6. The van der Waals surface area contributed by atoms with E-state index in [2.05, 4.69) is 142 Å². The van der Waals surface area contributed by atoms with Gasteiger partial charge in [-0.1, -0.05) is 0 Å². The molecule has 0 aliphatic carbocycles. The van der Waals surface area contributed by atoms with Crippen molar-refractivity contribution in [2.24, 2.45) is 0 Å². The molecule has 0 radical (unpaired) electrons. The Bertz CT molecular complexity index is 1090. The van der Waals surface area contributed by atoms with Crippen molar-refractivity contribution in [2.45, 2.75) is 119 Å². The summed E-state index contributed by atoms with van der Waals surface area (Å²) in [6.07, 6.45) is 0. The minimum atomic E-state index is 0. The molecule has 210 valence electrons. The van der Waals surface area contributed by atoms with Gasteiger partial charge in [-0.3, -0.25) is 0 Å². The third-order valence-electron chi connectivity index (χ3n) is 7.82. The number of benzene rings is 3. The first-order valence-corrected chi connectivity index (χ1v) is 15.3. The van der Waals surface area contributed by atoms with Gasteiger partial charge < -0.3 is 0 Å². The van der Waals surface area contributed by atoms with Crippen LogP contribution in [0.3, 0.4) is 0 Å². The van der Waals surface area contributed by atoms with Gasteiger partial charge in [-0.05, 0) is 0 Å². The van der Waals surface area contributed by atoms with E-state index in [1.54, 1.807) is 0 Å². The SMILES string of the molecule is CC(C)c1cc(C(C)C)c(-c2cccc(-c3c(C(C)C)cc(C(C)C)cc3C(C)C)c2[Se-])c(C(C)C)c1.[Cu+]. The average molecular weight is 624 g/mol. The molecule has 0 saturated heterocycles. The van der Waals surface area contributed by atoms with Gasteiger partial charge in [0.1, 0.15) is 0 Å². The Morgan fingerprint density at radius 3 is 0.921 bits per heavy atom. The molecule has 0 N–H and O–H groups in total. The third-order valence-corrected chi connectivity index (χ3v) is 8.74. The van der Waals surface area contributed by atoms with Crippen LogP contribution in [0.15, 0.2) is 42.5 Å². The largest absolute Gasteiger partial charge is 1.00 e. The van der Waals surface area contributed by atoms with Crippen molar-refractivity contribution in [2.75, 3.05) is 0 Å². The van der Waals surface area contributed by atoms with Crippen LogP contribution in [0, 0.1) is 0 Å². The third kappa shape index (κ3) is 6.70. The van der Waals surface area contributed by atoms with Crippen molar-refractivity contribution in [1.82, 2.24) is 0 Å². The fraction of sp³-hybridized carbons (Fsp3) is 0.500. The van der Waals surface area contributed by atoms with Crippen molar-refractivity contribution in [3.63, 3.8) is 0 Å². The minimum absolute atomic E-state index is 0. The molecule has 3 aromatic carbocycles. The molecule has 0 heterocycles. The molecule has 0 bridgehead atoms. The molecule has 0 nitrogen and oxygen atoms in total. The van der Waals surface area contributed by atoms with Gasteiger partial charge in [0.2, 0.25) is 0 Å². The van der Waals surface area contributed by atoms with E-state index in [1.165, 1.54) is 60.1 Å². The van der Waals surface area contributed by atoms with Gasteiger partial charge >= 0.3 is 254 Å². The van der Waals surface area contributed by atoms with Crippen molar-refractivity contribution < 1.29 is 17.1 Å². The molecule has 0 saturated carbocycles. The monoisotopic (exact) mass is 624 g/mol. The first-order valence-electron chi connectivity index (χ1n) is 14.4. The van der Waals surface area contributed by atoms with Crippen molar-refractivity contribution >= 4 is 20.5 Å². The number of hydrogen-bond acceptors (Lipinski definition) is 0. The Labute approximate surface area is 253 Å².